The van der Waals surface area contributed by atoms with E-state index < -0.39 is 5.54 Å². The molecule has 1 aromatic rings. The minimum Gasteiger partial charge on any atom is -0.480 e. The minimum atomic E-state index is -0.425. The molecule has 1 fully saturated rings. The second kappa shape index (κ2) is 5.45. The van der Waals surface area contributed by atoms with E-state index in [-0.39, 0.29) is 0 Å². The maximum Gasteiger partial charge on any atom is 0.237 e. The molecule has 0 aliphatic heterocycles. The Morgan fingerprint density at radius 2 is 2.00 bits per heavy atom. The lowest BCUT2D eigenvalue weighted by molar-refractivity contribution is 0.101. The van der Waals surface area contributed by atoms with Crippen molar-refractivity contribution in [3.8, 4) is 5.88 Å². The Balaban J connectivity index is 2.46. The minimum absolute atomic E-state index is 0.425. The summed E-state index contributed by atoms with van der Waals surface area (Å²) in [5, 5.41) is 0. The van der Waals surface area contributed by atoms with Gasteiger partial charge in [-0.15, -0.1) is 0 Å². The third-order valence-corrected chi connectivity index (χ3v) is 4.42. The van der Waals surface area contributed by atoms with Gasteiger partial charge in [-0.05, 0) is 30.6 Å². The highest BCUT2D eigenvalue weighted by Gasteiger charge is 2.45. The van der Waals surface area contributed by atoms with Crippen LogP contribution in [0.2, 0.25) is 0 Å². The van der Waals surface area contributed by atoms with E-state index in [9.17, 15) is 0 Å². The lowest BCUT2D eigenvalue weighted by Gasteiger charge is -2.45. The molecule has 3 unspecified atom stereocenters. The second-order valence-electron chi connectivity index (χ2n) is 6.19. The number of nitrogens with two attached hydrogens (primary N) is 1. The summed E-state index contributed by atoms with van der Waals surface area (Å²) in [4.78, 5) is 8.77. The average molecular weight is 263 g/mol. The third-order valence-electron chi connectivity index (χ3n) is 4.42. The smallest absolute Gasteiger partial charge is 0.237 e. The maximum absolute atomic E-state index is 6.81. The molecule has 106 valence electrons. The lowest BCUT2D eigenvalue weighted by Crippen LogP contribution is -2.51. The van der Waals surface area contributed by atoms with Crippen molar-refractivity contribution in [3.05, 3.63) is 18.1 Å². The first-order chi connectivity index (χ1) is 8.99. The Morgan fingerprint density at radius 1 is 1.32 bits per heavy atom. The summed E-state index contributed by atoms with van der Waals surface area (Å²) < 4.78 is 5.37. The molecule has 0 saturated heterocycles. The number of aromatic nitrogens is 2. The summed E-state index contributed by atoms with van der Waals surface area (Å²) in [7, 11) is 1.63. The van der Waals surface area contributed by atoms with Crippen molar-refractivity contribution < 1.29 is 4.74 Å². The zero-order chi connectivity index (χ0) is 14.0. The number of methoxy groups -OCH3 is 1. The molecule has 4 nitrogen and oxygen atoms in total. The molecule has 0 spiro atoms. The molecule has 4 heteroatoms. The normalized spacial score (nSPS) is 31.5. The molecule has 2 N–H and O–H groups in total. The van der Waals surface area contributed by atoms with E-state index in [0.29, 0.717) is 23.6 Å². The topological polar surface area (TPSA) is 61.0 Å². The van der Waals surface area contributed by atoms with E-state index in [1.165, 1.54) is 6.42 Å². The third kappa shape index (κ3) is 2.59. The quantitative estimate of drug-likeness (QED) is 0.911. The Kier molecular flexibility index (Phi) is 4.09. The number of hydrogen-bond donors (Lipinski definition) is 1. The zero-order valence-electron chi connectivity index (χ0n) is 12.4. The van der Waals surface area contributed by atoms with Gasteiger partial charge < -0.3 is 10.5 Å². The van der Waals surface area contributed by atoms with E-state index in [1.807, 2.05) is 0 Å². The molecule has 0 aromatic carbocycles. The summed E-state index contributed by atoms with van der Waals surface area (Å²) in [6.07, 6.45) is 6.70. The van der Waals surface area contributed by atoms with Gasteiger partial charge in [0.15, 0.2) is 0 Å². The van der Waals surface area contributed by atoms with Crippen LogP contribution < -0.4 is 10.5 Å². The van der Waals surface area contributed by atoms with Gasteiger partial charge in [0.2, 0.25) is 5.88 Å². The molecule has 1 saturated carbocycles. The predicted octanol–water partition coefficient (Wildman–Crippen LogP) is 2.73. The average Bonchev–Trinajstić information content (AvgIpc) is 2.38. The number of rotatable bonds is 3. The molecule has 1 aliphatic carbocycles. The SMILES string of the molecule is COc1nccnc1C1(N)CC(C)CCC1C(C)C. The molecule has 1 aliphatic rings. The highest BCUT2D eigenvalue weighted by molar-refractivity contribution is 5.28. The molecule has 0 radical (unpaired) electrons. The van der Waals surface area contributed by atoms with Gasteiger partial charge in [0.25, 0.3) is 0 Å². The first-order valence-corrected chi connectivity index (χ1v) is 7.13. The van der Waals surface area contributed by atoms with Crippen LogP contribution in [-0.2, 0) is 5.54 Å². The van der Waals surface area contributed by atoms with Gasteiger partial charge in [-0.2, -0.15) is 0 Å². The fourth-order valence-corrected chi connectivity index (χ4v) is 3.55. The predicted molar refractivity (Wildman–Crippen MR) is 75.8 cm³/mol. The van der Waals surface area contributed by atoms with Gasteiger partial charge in [-0.3, -0.25) is 4.98 Å². The molecule has 3 atom stereocenters. The highest BCUT2D eigenvalue weighted by atomic mass is 16.5. The maximum atomic E-state index is 6.81. The fourth-order valence-electron chi connectivity index (χ4n) is 3.55. The van der Waals surface area contributed by atoms with Crippen molar-refractivity contribution in [2.45, 2.75) is 45.6 Å². The largest absolute Gasteiger partial charge is 0.480 e. The van der Waals surface area contributed by atoms with Crippen LogP contribution in [0.4, 0.5) is 0 Å². The molecule has 1 aromatic heterocycles. The lowest BCUT2D eigenvalue weighted by atomic mass is 9.64. The Bertz CT molecular complexity index is 435. The van der Waals surface area contributed by atoms with Crippen LogP contribution in [0.5, 0.6) is 5.88 Å². The molecule has 0 bridgehead atoms. The Labute approximate surface area is 115 Å². The monoisotopic (exact) mass is 263 g/mol. The van der Waals surface area contributed by atoms with Crippen molar-refractivity contribution in [2.75, 3.05) is 7.11 Å². The zero-order valence-corrected chi connectivity index (χ0v) is 12.4. The van der Waals surface area contributed by atoms with Gasteiger partial charge in [0, 0.05) is 12.4 Å². The molecular formula is C15H25N3O. The van der Waals surface area contributed by atoms with Gasteiger partial charge in [-0.25, -0.2) is 4.98 Å². The molecule has 19 heavy (non-hydrogen) atoms. The van der Waals surface area contributed by atoms with E-state index in [1.54, 1.807) is 19.5 Å². The van der Waals surface area contributed by atoms with Crippen LogP contribution in [0.15, 0.2) is 12.4 Å². The fraction of sp³-hybridized carbons (Fsp3) is 0.733. The number of ether oxygens (including phenoxy) is 1. The number of nitrogens with zero attached hydrogens (tertiary/aromatic N) is 2. The molecule has 2 rings (SSSR count). The van der Waals surface area contributed by atoms with Crippen LogP contribution in [0, 0.1) is 17.8 Å². The molecule has 0 amide bonds. The van der Waals surface area contributed by atoms with E-state index >= 15 is 0 Å². The van der Waals surface area contributed by atoms with Gasteiger partial charge in [-0.1, -0.05) is 27.2 Å². The summed E-state index contributed by atoms with van der Waals surface area (Å²) in [6.45, 7) is 6.75. The van der Waals surface area contributed by atoms with Crippen LogP contribution in [0.25, 0.3) is 0 Å². The van der Waals surface area contributed by atoms with Crippen LogP contribution in [0.1, 0.15) is 45.7 Å². The summed E-state index contributed by atoms with van der Waals surface area (Å²) in [5.41, 5.74) is 7.21. The van der Waals surface area contributed by atoms with Crippen molar-refractivity contribution in [1.29, 1.82) is 0 Å². The first-order valence-electron chi connectivity index (χ1n) is 7.13. The summed E-state index contributed by atoms with van der Waals surface area (Å²) in [6, 6.07) is 0. The molecule has 1 heterocycles. The van der Waals surface area contributed by atoms with Crippen molar-refractivity contribution in [3.63, 3.8) is 0 Å². The van der Waals surface area contributed by atoms with Crippen molar-refractivity contribution >= 4 is 0 Å². The number of hydrogen-bond acceptors (Lipinski definition) is 4. The second-order valence-corrected chi connectivity index (χ2v) is 6.19. The molecular weight excluding hydrogens is 238 g/mol. The van der Waals surface area contributed by atoms with E-state index in [2.05, 4.69) is 30.7 Å². The van der Waals surface area contributed by atoms with Crippen molar-refractivity contribution in [2.24, 2.45) is 23.5 Å². The van der Waals surface area contributed by atoms with Crippen molar-refractivity contribution in [1.82, 2.24) is 9.97 Å². The Hall–Kier alpha value is -1.16. The Morgan fingerprint density at radius 3 is 2.63 bits per heavy atom. The summed E-state index contributed by atoms with van der Waals surface area (Å²) >= 11 is 0. The van der Waals surface area contributed by atoms with E-state index in [4.69, 9.17) is 10.5 Å². The van der Waals surface area contributed by atoms with Gasteiger partial charge in [0.1, 0.15) is 5.69 Å². The van der Waals surface area contributed by atoms with Crippen LogP contribution in [-0.4, -0.2) is 17.1 Å². The van der Waals surface area contributed by atoms with Gasteiger partial charge >= 0.3 is 0 Å². The first kappa shape index (κ1) is 14.3. The highest BCUT2D eigenvalue weighted by Crippen LogP contribution is 2.46. The van der Waals surface area contributed by atoms with Crippen LogP contribution >= 0.6 is 0 Å². The van der Waals surface area contributed by atoms with E-state index in [0.717, 1.165) is 18.5 Å². The standard InChI is InChI=1S/C15H25N3O/c1-10(2)12-6-5-11(3)9-15(12,16)13-14(19-4)18-8-7-17-13/h7-8,10-12H,5-6,9,16H2,1-4H3. The summed E-state index contributed by atoms with van der Waals surface area (Å²) in [5.74, 6) is 2.15. The van der Waals surface area contributed by atoms with Crippen LogP contribution in [0.3, 0.4) is 0 Å². The van der Waals surface area contributed by atoms with Gasteiger partial charge in [0.05, 0.1) is 12.6 Å².